The number of carbonyl (C=O) groups excluding carboxylic acids is 3. The van der Waals surface area contributed by atoms with E-state index in [0.29, 0.717) is 5.69 Å². The number of ether oxygens (including phenoxy) is 1. The second kappa shape index (κ2) is 8.07. The molecule has 0 bridgehead atoms. The summed E-state index contributed by atoms with van der Waals surface area (Å²) in [5, 5.41) is 2.77. The monoisotopic (exact) mass is 392 g/mol. The van der Waals surface area contributed by atoms with Gasteiger partial charge in [0.15, 0.2) is 6.61 Å². The van der Waals surface area contributed by atoms with E-state index in [4.69, 9.17) is 4.74 Å². The number of carbonyl (C=O) groups is 3. The Morgan fingerprint density at radius 2 is 1.86 bits per heavy atom. The van der Waals surface area contributed by atoms with E-state index in [1.807, 2.05) is 49.4 Å². The van der Waals surface area contributed by atoms with Gasteiger partial charge in [0.1, 0.15) is 0 Å². The summed E-state index contributed by atoms with van der Waals surface area (Å²) in [7, 11) is 0. The molecule has 2 amide bonds. The Kier molecular flexibility index (Phi) is 5.34. The third-order valence-electron chi connectivity index (χ3n) is 5.53. The van der Waals surface area contributed by atoms with Crippen molar-refractivity contribution in [1.82, 2.24) is 0 Å². The predicted octanol–water partition coefficient (Wildman–Crippen LogP) is 3.02. The van der Waals surface area contributed by atoms with E-state index in [9.17, 15) is 14.4 Å². The van der Waals surface area contributed by atoms with Crippen LogP contribution in [0.25, 0.3) is 0 Å². The summed E-state index contributed by atoms with van der Waals surface area (Å²) >= 11 is 0. The molecule has 0 aromatic heterocycles. The van der Waals surface area contributed by atoms with Gasteiger partial charge in [0.25, 0.3) is 5.91 Å². The van der Waals surface area contributed by atoms with Crippen LogP contribution in [0.2, 0.25) is 0 Å². The number of anilines is 2. The summed E-state index contributed by atoms with van der Waals surface area (Å²) < 4.78 is 5.17. The van der Waals surface area contributed by atoms with Gasteiger partial charge in [-0.1, -0.05) is 23.8 Å². The summed E-state index contributed by atoms with van der Waals surface area (Å²) in [6, 6.07) is 13.5. The maximum Gasteiger partial charge on any atom is 0.311 e. The van der Waals surface area contributed by atoms with Crippen molar-refractivity contribution < 1.29 is 19.1 Å². The zero-order chi connectivity index (χ0) is 20.4. The number of hydrogen-bond donors (Lipinski definition) is 1. The molecule has 1 atom stereocenters. The molecule has 1 heterocycles. The highest BCUT2D eigenvalue weighted by Gasteiger charge is 2.36. The van der Waals surface area contributed by atoms with E-state index < -0.39 is 11.9 Å². The molecule has 2 aliphatic rings. The van der Waals surface area contributed by atoms with Crippen molar-refractivity contribution in [3.63, 3.8) is 0 Å². The van der Waals surface area contributed by atoms with Crippen LogP contribution in [0.3, 0.4) is 0 Å². The van der Waals surface area contributed by atoms with Crippen molar-refractivity contribution in [2.75, 3.05) is 23.4 Å². The Labute approximate surface area is 169 Å². The molecule has 0 unspecified atom stereocenters. The molecular weight excluding hydrogens is 368 g/mol. The molecular formula is C23H24N2O4. The SMILES string of the molecule is Cc1ccc(N2C[C@H](C(=O)OCC(=O)Nc3ccc4c(c3)CCC4)CC2=O)cc1. The summed E-state index contributed by atoms with van der Waals surface area (Å²) in [5.74, 6) is -1.57. The van der Waals surface area contributed by atoms with Gasteiger partial charge < -0.3 is 15.0 Å². The lowest BCUT2D eigenvalue weighted by atomic mass is 10.1. The van der Waals surface area contributed by atoms with E-state index >= 15 is 0 Å². The van der Waals surface area contributed by atoms with E-state index in [1.54, 1.807) is 4.90 Å². The highest BCUT2D eigenvalue weighted by Crippen LogP contribution is 2.27. The number of aryl methyl sites for hydroxylation is 3. The Hall–Kier alpha value is -3.15. The molecule has 1 saturated heterocycles. The fourth-order valence-electron chi connectivity index (χ4n) is 3.94. The molecule has 0 spiro atoms. The molecule has 2 aromatic rings. The van der Waals surface area contributed by atoms with Crippen LogP contribution in [-0.2, 0) is 32.0 Å². The molecule has 1 aliphatic heterocycles. The predicted molar refractivity (Wildman–Crippen MR) is 110 cm³/mol. The van der Waals surface area contributed by atoms with Crippen molar-refractivity contribution in [1.29, 1.82) is 0 Å². The molecule has 1 N–H and O–H groups in total. The third-order valence-corrected chi connectivity index (χ3v) is 5.53. The smallest absolute Gasteiger partial charge is 0.311 e. The van der Waals surface area contributed by atoms with Crippen molar-refractivity contribution in [3.05, 3.63) is 59.2 Å². The summed E-state index contributed by atoms with van der Waals surface area (Å²) in [4.78, 5) is 38.4. The number of hydrogen-bond acceptors (Lipinski definition) is 4. The van der Waals surface area contributed by atoms with E-state index in [-0.39, 0.29) is 31.4 Å². The molecule has 6 heteroatoms. The first-order chi connectivity index (χ1) is 14.0. The lowest BCUT2D eigenvalue weighted by Gasteiger charge is -2.16. The zero-order valence-electron chi connectivity index (χ0n) is 16.4. The van der Waals surface area contributed by atoms with Crippen LogP contribution in [0.4, 0.5) is 11.4 Å². The van der Waals surface area contributed by atoms with Crippen molar-refractivity contribution in [2.24, 2.45) is 5.92 Å². The van der Waals surface area contributed by atoms with Crippen LogP contribution >= 0.6 is 0 Å². The largest absolute Gasteiger partial charge is 0.455 e. The van der Waals surface area contributed by atoms with Crippen LogP contribution in [0.5, 0.6) is 0 Å². The molecule has 1 fully saturated rings. The van der Waals surface area contributed by atoms with E-state index in [0.717, 1.165) is 30.5 Å². The fraction of sp³-hybridized carbons (Fsp3) is 0.348. The first kappa shape index (κ1) is 19.2. The van der Waals surface area contributed by atoms with Gasteiger partial charge in [-0.2, -0.15) is 0 Å². The second-order valence-electron chi connectivity index (χ2n) is 7.73. The molecule has 6 nitrogen and oxygen atoms in total. The van der Waals surface area contributed by atoms with Gasteiger partial charge in [0.2, 0.25) is 5.91 Å². The van der Waals surface area contributed by atoms with Crippen molar-refractivity contribution in [3.8, 4) is 0 Å². The lowest BCUT2D eigenvalue weighted by Crippen LogP contribution is -2.28. The summed E-state index contributed by atoms with van der Waals surface area (Å²) in [6.45, 7) is 1.89. The Balaban J connectivity index is 1.29. The lowest BCUT2D eigenvalue weighted by molar-refractivity contribution is -0.151. The Morgan fingerprint density at radius 1 is 1.10 bits per heavy atom. The van der Waals surface area contributed by atoms with Crippen molar-refractivity contribution in [2.45, 2.75) is 32.6 Å². The number of nitrogens with one attached hydrogen (secondary N) is 1. The van der Waals surface area contributed by atoms with Crippen LogP contribution in [0.1, 0.15) is 29.5 Å². The Morgan fingerprint density at radius 3 is 2.66 bits per heavy atom. The van der Waals surface area contributed by atoms with Crippen LogP contribution in [0.15, 0.2) is 42.5 Å². The van der Waals surface area contributed by atoms with Gasteiger partial charge in [-0.25, -0.2) is 0 Å². The molecule has 150 valence electrons. The van der Waals surface area contributed by atoms with Crippen molar-refractivity contribution >= 4 is 29.2 Å². The highest BCUT2D eigenvalue weighted by atomic mass is 16.5. The van der Waals surface area contributed by atoms with Gasteiger partial charge in [-0.15, -0.1) is 0 Å². The second-order valence-corrected chi connectivity index (χ2v) is 7.73. The Bertz CT molecular complexity index is 952. The first-order valence-electron chi connectivity index (χ1n) is 9.95. The molecule has 29 heavy (non-hydrogen) atoms. The van der Waals surface area contributed by atoms with Gasteiger partial charge in [-0.3, -0.25) is 14.4 Å². The molecule has 1 aliphatic carbocycles. The topological polar surface area (TPSA) is 75.7 Å². The average Bonchev–Trinajstić information content (AvgIpc) is 3.33. The number of rotatable bonds is 5. The minimum atomic E-state index is -0.559. The number of nitrogens with zero attached hydrogens (tertiary/aromatic N) is 1. The van der Waals surface area contributed by atoms with Crippen LogP contribution < -0.4 is 10.2 Å². The van der Waals surface area contributed by atoms with Crippen LogP contribution in [-0.4, -0.2) is 30.9 Å². The summed E-state index contributed by atoms with van der Waals surface area (Å²) in [6.07, 6.45) is 3.35. The molecule has 0 radical (unpaired) electrons. The maximum atomic E-state index is 12.4. The van der Waals surface area contributed by atoms with E-state index in [2.05, 4.69) is 5.32 Å². The highest BCUT2D eigenvalue weighted by molar-refractivity contribution is 6.00. The number of benzene rings is 2. The maximum absolute atomic E-state index is 12.4. The number of amides is 2. The average molecular weight is 392 g/mol. The fourth-order valence-corrected chi connectivity index (χ4v) is 3.94. The minimum absolute atomic E-state index is 0.0964. The van der Waals surface area contributed by atoms with Gasteiger partial charge in [-0.05, 0) is 61.6 Å². The molecule has 0 saturated carbocycles. The first-order valence-corrected chi connectivity index (χ1v) is 9.95. The van der Waals surface area contributed by atoms with Crippen LogP contribution in [0, 0.1) is 12.8 Å². The quantitative estimate of drug-likeness (QED) is 0.794. The molecule has 2 aromatic carbocycles. The number of fused-ring (bicyclic) bond motifs is 1. The summed E-state index contributed by atoms with van der Waals surface area (Å²) in [5.41, 5.74) is 5.18. The van der Waals surface area contributed by atoms with Gasteiger partial charge >= 0.3 is 5.97 Å². The third kappa shape index (κ3) is 4.31. The van der Waals surface area contributed by atoms with Gasteiger partial charge in [0.05, 0.1) is 5.92 Å². The number of esters is 1. The van der Waals surface area contributed by atoms with E-state index in [1.165, 1.54) is 11.1 Å². The minimum Gasteiger partial charge on any atom is -0.455 e. The van der Waals surface area contributed by atoms with Gasteiger partial charge in [0, 0.05) is 24.3 Å². The normalized spacial score (nSPS) is 17.9. The standard InChI is InChI=1S/C23H24N2O4/c1-15-5-9-20(10-6-15)25-13-18(12-22(25)27)23(28)29-14-21(26)24-19-8-7-16-3-2-4-17(16)11-19/h5-11,18H,2-4,12-14H2,1H3,(H,24,26)/t18-/m1/s1. The zero-order valence-corrected chi connectivity index (χ0v) is 16.4. The molecule has 4 rings (SSSR count).